The van der Waals surface area contributed by atoms with Crippen LogP contribution in [0.5, 0.6) is 0 Å². The molecule has 2 heterocycles. The zero-order valence-corrected chi connectivity index (χ0v) is 20.3. The van der Waals surface area contributed by atoms with Gasteiger partial charge in [-0.25, -0.2) is 9.69 Å². The number of anilines is 1. The monoisotopic (exact) mass is 475 g/mol. The Kier molecular flexibility index (Phi) is 6.44. The van der Waals surface area contributed by atoms with Crippen LogP contribution in [0.15, 0.2) is 60.2 Å². The van der Waals surface area contributed by atoms with Gasteiger partial charge in [0.15, 0.2) is 0 Å². The molecule has 1 fully saturated rings. The quantitative estimate of drug-likeness (QED) is 0.367. The third-order valence-corrected chi connectivity index (χ3v) is 6.54. The second kappa shape index (κ2) is 9.31. The van der Waals surface area contributed by atoms with E-state index in [0.29, 0.717) is 22.2 Å². The highest BCUT2D eigenvalue weighted by Gasteiger charge is 2.37. The number of rotatable bonds is 5. The first-order valence-electron chi connectivity index (χ1n) is 11.2. The van der Waals surface area contributed by atoms with E-state index in [9.17, 15) is 14.4 Å². The molecule has 0 aliphatic carbocycles. The van der Waals surface area contributed by atoms with E-state index in [4.69, 9.17) is 11.6 Å². The van der Waals surface area contributed by atoms with Gasteiger partial charge in [0, 0.05) is 22.1 Å². The predicted octanol–water partition coefficient (Wildman–Crippen LogP) is 5.93. The number of benzene rings is 2. The molecule has 2 aromatic carbocycles. The van der Waals surface area contributed by atoms with Crippen molar-refractivity contribution in [3.8, 4) is 5.69 Å². The summed E-state index contributed by atoms with van der Waals surface area (Å²) in [7, 11) is 0. The summed E-state index contributed by atoms with van der Waals surface area (Å²) in [5, 5.41) is 2.93. The largest absolute Gasteiger partial charge is 0.335 e. The number of urea groups is 1. The van der Waals surface area contributed by atoms with Crippen LogP contribution in [0.3, 0.4) is 0 Å². The molecule has 174 valence electrons. The van der Waals surface area contributed by atoms with Gasteiger partial charge < -0.3 is 4.57 Å². The lowest BCUT2D eigenvalue weighted by Crippen LogP contribution is -2.54. The minimum absolute atomic E-state index is 0.0954. The smallest absolute Gasteiger partial charge is 0.318 e. The number of barbiturate groups is 1. The first kappa shape index (κ1) is 23.5. The number of hydrogen-bond acceptors (Lipinski definition) is 3. The van der Waals surface area contributed by atoms with Crippen LogP contribution < -0.4 is 10.2 Å². The molecule has 1 aliphatic heterocycles. The number of aromatic nitrogens is 1. The zero-order chi connectivity index (χ0) is 24.6. The molecule has 6 nitrogen and oxygen atoms in total. The molecule has 0 saturated carbocycles. The van der Waals surface area contributed by atoms with Gasteiger partial charge in [-0.1, -0.05) is 37.6 Å². The molecule has 4 amide bonds. The third-order valence-electron chi connectivity index (χ3n) is 6.29. The highest BCUT2D eigenvalue weighted by atomic mass is 35.5. The molecular formula is C27H26ClN3O3. The minimum Gasteiger partial charge on any atom is -0.318 e. The molecule has 1 aromatic heterocycles. The van der Waals surface area contributed by atoms with Crippen LogP contribution in [0.4, 0.5) is 10.5 Å². The van der Waals surface area contributed by atoms with Crippen molar-refractivity contribution in [2.24, 2.45) is 0 Å². The number of hydrogen-bond donors (Lipinski definition) is 1. The van der Waals surface area contributed by atoms with E-state index in [0.717, 1.165) is 34.0 Å². The summed E-state index contributed by atoms with van der Waals surface area (Å²) < 4.78 is 2.02. The SMILES string of the molecule is CCC(C)c1ccc(N2C(=O)NC(=O)C(=Cc3cc(C)n(-c4ccc(Cl)cc4)c3C)C2=O)cc1. The number of halogens is 1. The molecule has 1 N–H and O–H groups in total. The van der Waals surface area contributed by atoms with Crippen molar-refractivity contribution in [2.45, 2.75) is 40.0 Å². The number of imide groups is 2. The van der Waals surface area contributed by atoms with Crippen molar-refractivity contribution < 1.29 is 14.4 Å². The summed E-state index contributed by atoms with van der Waals surface area (Å²) in [6, 6.07) is 15.9. The van der Waals surface area contributed by atoms with Crippen LogP contribution in [0.25, 0.3) is 11.8 Å². The van der Waals surface area contributed by atoms with E-state index >= 15 is 0 Å². The summed E-state index contributed by atoms with van der Waals surface area (Å²) in [6.45, 7) is 8.08. The Morgan fingerprint density at radius 1 is 0.971 bits per heavy atom. The normalized spacial score (nSPS) is 16.2. The van der Waals surface area contributed by atoms with Crippen molar-refractivity contribution in [2.75, 3.05) is 4.90 Å². The zero-order valence-electron chi connectivity index (χ0n) is 19.6. The molecule has 0 spiro atoms. The Morgan fingerprint density at radius 3 is 2.21 bits per heavy atom. The summed E-state index contributed by atoms with van der Waals surface area (Å²) in [6.07, 6.45) is 2.53. The molecule has 0 bridgehead atoms. The van der Waals surface area contributed by atoms with Gasteiger partial charge in [-0.3, -0.25) is 14.9 Å². The maximum Gasteiger partial charge on any atom is 0.335 e. The van der Waals surface area contributed by atoms with E-state index in [1.165, 1.54) is 0 Å². The van der Waals surface area contributed by atoms with Crippen LogP contribution in [-0.2, 0) is 9.59 Å². The van der Waals surface area contributed by atoms with Gasteiger partial charge in [0.2, 0.25) is 0 Å². The van der Waals surface area contributed by atoms with Crippen LogP contribution in [-0.4, -0.2) is 22.4 Å². The first-order chi connectivity index (χ1) is 16.2. The lowest BCUT2D eigenvalue weighted by Gasteiger charge is -2.26. The summed E-state index contributed by atoms with van der Waals surface area (Å²) in [5.41, 5.74) is 4.87. The van der Waals surface area contributed by atoms with Crippen molar-refractivity contribution in [1.82, 2.24) is 9.88 Å². The van der Waals surface area contributed by atoms with Gasteiger partial charge in [-0.15, -0.1) is 0 Å². The van der Waals surface area contributed by atoms with Crippen LogP contribution in [0.2, 0.25) is 5.02 Å². The van der Waals surface area contributed by atoms with E-state index in [1.54, 1.807) is 18.2 Å². The number of nitrogens with one attached hydrogen (secondary N) is 1. The van der Waals surface area contributed by atoms with E-state index < -0.39 is 17.8 Å². The molecule has 3 aromatic rings. The van der Waals surface area contributed by atoms with Gasteiger partial charge in [-0.2, -0.15) is 0 Å². The second-order valence-corrected chi connectivity index (χ2v) is 8.93. The van der Waals surface area contributed by atoms with Gasteiger partial charge in [0.1, 0.15) is 5.57 Å². The Morgan fingerprint density at radius 2 is 1.59 bits per heavy atom. The number of carbonyl (C=O) groups is 3. The van der Waals surface area contributed by atoms with E-state index in [-0.39, 0.29) is 5.57 Å². The Labute approximate surface area is 203 Å². The Hall–Kier alpha value is -3.64. The standard InChI is InChI=1S/C27H26ClN3O3/c1-5-16(2)19-6-10-23(11-7-19)31-26(33)24(25(32)29-27(31)34)15-20-14-17(3)30(18(20)4)22-12-8-21(28)9-13-22/h6-16H,5H2,1-4H3,(H,29,32,34). The Bertz CT molecular complexity index is 1300. The summed E-state index contributed by atoms with van der Waals surface area (Å²) in [4.78, 5) is 39.5. The highest BCUT2D eigenvalue weighted by molar-refractivity contribution is 6.39. The molecule has 1 unspecified atom stereocenters. The molecule has 34 heavy (non-hydrogen) atoms. The van der Waals surface area contributed by atoms with E-state index in [1.807, 2.05) is 60.9 Å². The van der Waals surface area contributed by atoms with Crippen molar-refractivity contribution in [1.29, 1.82) is 0 Å². The fourth-order valence-electron chi connectivity index (χ4n) is 4.16. The fourth-order valence-corrected chi connectivity index (χ4v) is 4.28. The number of carbonyl (C=O) groups excluding carboxylic acids is 3. The Balaban J connectivity index is 1.70. The molecule has 1 atom stereocenters. The highest BCUT2D eigenvalue weighted by Crippen LogP contribution is 2.28. The average Bonchev–Trinajstić information content (AvgIpc) is 3.09. The molecule has 4 rings (SSSR count). The van der Waals surface area contributed by atoms with E-state index in [2.05, 4.69) is 19.2 Å². The summed E-state index contributed by atoms with van der Waals surface area (Å²) in [5.74, 6) is -0.993. The molecule has 7 heteroatoms. The third kappa shape index (κ3) is 4.29. The average molecular weight is 476 g/mol. The van der Waals surface area contributed by atoms with Crippen molar-refractivity contribution in [3.05, 3.63) is 87.7 Å². The lowest BCUT2D eigenvalue weighted by molar-refractivity contribution is -0.122. The van der Waals surface area contributed by atoms with Crippen LogP contribution in [0, 0.1) is 13.8 Å². The lowest BCUT2D eigenvalue weighted by atomic mass is 9.98. The summed E-state index contributed by atoms with van der Waals surface area (Å²) >= 11 is 6.02. The second-order valence-electron chi connectivity index (χ2n) is 8.50. The first-order valence-corrected chi connectivity index (χ1v) is 11.5. The van der Waals surface area contributed by atoms with Gasteiger partial charge in [0.05, 0.1) is 5.69 Å². The van der Waals surface area contributed by atoms with Crippen LogP contribution >= 0.6 is 11.6 Å². The molecular weight excluding hydrogens is 450 g/mol. The van der Waals surface area contributed by atoms with Crippen molar-refractivity contribution >= 4 is 41.2 Å². The van der Waals surface area contributed by atoms with Crippen molar-refractivity contribution in [3.63, 3.8) is 0 Å². The van der Waals surface area contributed by atoms with Gasteiger partial charge >= 0.3 is 6.03 Å². The fraction of sp³-hybridized carbons (Fsp3) is 0.222. The maximum absolute atomic E-state index is 13.3. The number of amides is 4. The molecule has 1 aliphatic rings. The van der Waals surface area contributed by atoms with Gasteiger partial charge in [-0.05, 0) is 85.9 Å². The minimum atomic E-state index is -0.755. The van der Waals surface area contributed by atoms with Crippen LogP contribution in [0.1, 0.15) is 48.7 Å². The number of nitrogens with zero attached hydrogens (tertiary/aromatic N) is 2. The van der Waals surface area contributed by atoms with Gasteiger partial charge in [0.25, 0.3) is 11.8 Å². The molecule has 0 radical (unpaired) electrons. The predicted molar refractivity (Wildman–Crippen MR) is 134 cm³/mol. The topological polar surface area (TPSA) is 71.4 Å². The molecule has 1 saturated heterocycles. The number of aryl methyl sites for hydroxylation is 1. The maximum atomic E-state index is 13.3.